The quantitative estimate of drug-likeness (QED) is 0.405. The molecule has 0 amide bonds. The van der Waals surface area contributed by atoms with Crippen molar-refractivity contribution in [3.05, 3.63) is 12.7 Å². The van der Waals surface area contributed by atoms with Crippen molar-refractivity contribution < 1.29 is 12.6 Å². The summed E-state index contributed by atoms with van der Waals surface area (Å²) in [7, 11) is 3.84. The van der Waals surface area contributed by atoms with Crippen molar-refractivity contribution in [2.75, 3.05) is 27.2 Å². The van der Waals surface area contributed by atoms with Crippen LogP contribution in [0.2, 0.25) is 0 Å². The Hall–Kier alpha value is -0.231. The first-order chi connectivity index (χ1) is 5.66. The predicted molar refractivity (Wildman–Crippen MR) is 46.2 cm³/mol. The average molecular weight is 278 g/mol. The van der Waals surface area contributed by atoms with Crippen molar-refractivity contribution in [3.8, 4) is 0 Å². The monoisotopic (exact) mass is 279 g/mol. The maximum absolute atomic E-state index is 10.4. The normalized spacial score (nSPS) is 8.25. The summed E-state index contributed by atoms with van der Waals surface area (Å²) in [5.74, 6) is -0.359. The fourth-order valence-electron chi connectivity index (χ4n) is 0.388. The summed E-state index contributed by atoms with van der Waals surface area (Å²) in [4.78, 5) is 12.4. The van der Waals surface area contributed by atoms with Crippen LogP contribution in [0.4, 0.5) is 0 Å². The Kier molecular flexibility index (Phi) is 12.8. The Labute approximate surface area is 86.0 Å². The van der Waals surface area contributed by atoms with Crippen LogP contribution in [-0.4, -0.2) is 60.6 Å². The number of hydrogen-bond donors (Lipinski definition) is 0. The molecule has 0 aliphatic rings. The van der Waals surface area contributed by atoms with Crippen LogP contribution >= 0.6 is 0 Å². The summed E-state index contributed by atoms with van der Waals surface area (Å²) in [6, 6.07) is 0. The van der Waals surface area contributed by atoms with Crippen molar-refractivity contribution in [2.24, 2.45) is 0 Å². The van der Waals surface area contributed by atoms with Crippen LogP contribution in [0.25, 0.3) is 0 Å². The number of likely N-dealkylation sites (N-methyl/N-ethyl adjacent to an activating group) is 1. The minimum atomic E-state index is -0.359. The summed E-state index contributed by atoms with van der Waals surface area (Å²) in [6.07, 6.45) is 1.16. The number of rotatable bonds is 4. The van der Waals surface area contributed by atoms with Gasteiger partial charge in [0.25, 0.3) is 0 Å². The molecule has 5 heteroatoms. The van der Waals surface area contributed by atoms with Gasteiger partial charge in [-0.1, -0.05) is 6.58 Å². The fourth-order valence-corrected chi connectivity index (χ4v) is 0.388. The molecule has 4 nitrogen and oxygen atoms in total. The molecule has 0 unspecified atom stereocenters. The van der Waals surface area contributed by atoms with Crippen molar-refractivity contribution in [1.29, 1.82) is 0 Å². The molecule has 0 saturated carbocycles. The molecule has 0 aromatic heterocycles. The first-order valence-electron chi connectivity index (χ1n) is 3.31. The number of esters is 1. The van der Waals surface area contributed by atoms with Crippen LogP contribution in [0, 0.1) is 0 Å². The third-order valence-corrected chi connectivity index (χ3v) is 0.949. The molecule has 0 aromatic carbocycles. The number of hydrogen-bond acceptors (Lipinski definition) is 4. The molecule has 12 heavy (non-hydrogen) atoms. The van der Waals surface area contributed by atoms with E-state index in [1.165, 1.54) is 0 Å². The topological polar surface area (TPSA) is 46.6 Å². The summed E-state index contributed by atoms with van der Waals surface area (Å²) in [5, 5.41) is 0. The van der Waals surface area contributed by atoms with Crippen LogP contribution in [-0.2, 0) is 12.6 Å². The van der Waals surface area contributed by atoms with E-state index in [1.54, 1.807) is 0 Å². The molecule has 0 fully saturated rings. The van der Waals surface area contributed by atoms with E-state index in [2.05, 4.69) is 6.58 Å². The van der Waals surface area contributed by atoms with Gasteiger partial charge in [0.05, 0.1) is 0 Å². The van der Waals surface area contributed by atoms with E-state index in [0.717, 1.165) is 12.6 Å². The number of carbonyl (C=O) groups excluding carboxylic acids is 1. The minimum absolute atomic E-state index is 0.300. The van der Waals surface area contributed by atoms with Gasteiger partial charge >= 0.3 is 31.6 Å². The molecule has 0 bridgehead atoms. The van der Waals surface area contributed by atoms with Gasteiger partial charge in [0, 0.05) is 12.6 Å². The van der Waals surface area contributed by atoms with Gasteiger partial charge in [-0.2, -0.15) is 0 Å². The van der Waals surface area contributed by atoms with Gasteiger partial charge < -0.3 is 9.64 Å². The Bertz CT molecular complexity index is 139. The molecule has 0 saturated heterocycles. The van der Waals surface area contributed by atoms with E-state index in [-0.39, 0.29) is 5.97 Å². The van der Waals surface area contributed by atoms with Gasteiger partial charge in [-0.05, 0) is 14.1 Å². The van der Waals surface area contributed by atoms with E-state index in [0.29, 0.717) is 29.1 Å². The third kappa shape index (κ3) is 12.4. The molecule has 0 rings (SSSR count). The van der Waals surface area contributed by atoms with Gasteiger partial charge in [0.1, 0.15) is 6.61 Å². The Morgan fingerprint density at radius 1 is 1.58 bits per heavy atom. The van der Waals surface area contributed by atoms with Crippen molar-refractivity contribution in [1.82, 2.24) is 4.90 Å². The van der Waals surface area contributed by atoms with E-state index in [9.17, 15) is 4.79 Å². The first kappa shape index (κ1) is 14.3. The van der Waals surface area contributed by atoms with Gasteiger partial charge in [-0.25, -0.2) is 4.79 Å². The van der Waals surface area contributed by atoms with Crippen molar-refractivity contribution in [2.45, 2.75) is 0 Å². The second-order valence-corrected chi connectivity index (χ2v) is 2.17. The van der Waals surface area contributed by atoms with Gasteiger partial charge in [-0.15, -0.1) is 0 Å². The van der Waals surface area contributed by atoms with Gasteiger partial charge in [0.15, 0.2) is 0 Å². The number of nitrogens with zero attached hydrogens (tertiary/aromatic N) is 1. The SMILES string of the molecule is C=CC(=O)OCCN(C)C.[O]=[Sn]. The van der Waals surface area contributed by atoms with Crippen LogP contribution < -0.4 is 0 Å². The van der Waals surface area contributed by atoms with E-state index >= 15 is 0 Å². The van der Waals surface area contributed by atoms with Crippen LogP contribution in [0.3, 0.4) is 0 Å². The zero-order valence-corrected chi connectivity index (χ0v) is 10.2. The standard InChI is InChI=1S/C7H13NO2.O.Sn/c1-4-7(9)10-6-5-8(2)3;;/h4H,1,5-6H2,2-3H3;;. The second kappa shape index (κ2) is 10.8. The van der Waals surface area contributed by atoms with E-state index in [1.807, 2.05) is 19.0 Å². The summed E-state index contributed by atoms with van der Waals surface area (Å²) >= 11 is 0.300. The van der Waals surface area contributed by atoms with Gasteiger partial charge in [-0.3, -0.25) is 0 Å². The Morgan fingerprint density at radius 2 is 2.08 bits per heavy atom. The predicted octanol–water partition coefficient (Wildman–Crippen LogP) is -0.222. The zero-order valence-electron chi connectivity index (χ0n) is 7.37. The third-order valence-electron chi connectivity index (χ3n) is 0.949. The average Bonchev–Trinajstić information content (AvgIpc) is 2.07. The van der Waals surface area contributed by atoms with Gasteiger partial charge in [0.2, 0.25) is 0 Å². The van der Waals surface area contributed by atoms with E-state index < -0.39 is 0 Å². The van der Waals surface area contributed by atoms with E-state index in [4.69, 9.17) is 7.81 Å². The number of ether oxygens (including phenoxy) is 1. The van der Waals surface area contributed by atoms with Crippen LogP contribution in [0.15, 0.2) is 12.7 Å². The van der Waals surface area contributed by atoms with Crippen molar-refractivity contribution >= 4 is 28.5 Å². The molecule has 0 atom stereocenters. The Morgan fingerprint density at radius 3 is 2.42 bits per heavy atom. The van der Waals surface area contributed by atoms with Crippen molar-refractivity contribution in [3.63, 3.8) is 0 Å². The maximum atomic E-state index is 10.4. The van der Waals surface area contributed by atoms with Crippen LogP contribution in [0.1, 0.15) is 0 Å². The second-order valence-electron chi connectivity index (χ2n) is 2.17. The molecule has 68 valence electrons. The molecule has 0 aliphatic carbocycles. The molecular formula is C7H13NO3Sn. The summed E-state index contributed by atoms with van der Waals surface area (Å²) in [5.41, 5.74) is 0. The first-order valence-corrected chi connectivity index (χ1v) is 4.47. The number of carbonyl (C=O) groups is 1. The molecule has 0 aromatic rings. The molecule has 0 N–H and O–H groups in total. The Balaban J connectivity index is 0. The molecule has 0 spiro atoms. The van der Waals surface area contributed by atoms with Crippen LogP contribution in [0.5, 0.6) is 0 Å². The molecule has 2 radical (unpaired) electrons. The molecular weight excluding hydrogens is 265 g/mol. The summed E-state index contributed by atoms with van der Waals surface area (Å²) < 4.78 is 13.0. The fraction of sp³-hybridized carbons (Fsp3) is 0.571. The molecule has 0 aliphatic heterocycles. The zero-order chi connectivity index (χ0) is 9.98. The molecule has 0 heterocycles. The summed E-state index contributed by atoms with van der Waals surface area (Å²) in [6.45, 7) is 4.45.